The number of benzene rings is 1. The summed E-state index contributed by atoms with van der Waals surface area (Å²) >= 11 is 0. The first-order chi connectivity index (χ1) is 8.70. The molecule has 0 atom stereocenters. The molecule has 18 heavy (non-hydrogen) atoms. The van der Waals surface area contributed by atoms with E-state index in [4.69, 9.17) is 4.74 Å². The molecular formula is C13H15N3O2. The molecule has 5 heteroatoms. The maximum Gasteiger partial charge on any atom is 0.325 e. The molecule has 1 aromatic heterocycles. The van der Waals surface area contributed by atoms with Crippen molar-refractivity contribution in [2.75, 3.05) is 18.5 Å². The first-order valence-electron chi connectivity index (χ1n) is 5.83. The van der Waals surface area contributed by atoms with Crippen molar-refractivity contribution in [3.63, 3.8) is 0 Å². The van der Waals surface area contributed by atoms with E-state index in [2.05, 4.69) is 15.3 Å². The van der Waals surface area contributed by atoms with Crippen molar-refractivity contribution in [3.05, 3.63) is 30.0 Å². The fourth-order valence-corrected chi connectivity index (χ4v) is 1.62. The van der Waals surface area contributed by atoms with Crippen LogP contribution < -0.4 is 5.32 Å². The van der Waals surface area contributed by atoms with Crippen molar-refractivity contribution in [3.8, 4) is 0 Å². The minimum absolute atomic E-state index is 0.0989. The summed E-state index contributed by atoms with van der Waals surface area (Å²) in [5.74, 6) is 0.314. The number of hydrogen-bond donors (Lipinski definition) is 1. The molecule has 1 aromatic carbocycles. The minimum atomic E-state index is -0.299. The van der Waals surface area contributed by atoms with Crippen LogP contribution in [0.15, 0.2) is 24.3 Å². The third-order valence-electron chi connectivity index (χ3n) is 2.45. The van der Waals surface area contributed by atoms with Crippen molar-refractivity contribution in [2.24, 2.45) is 0 Å². The Balaban J connectivity index is 2.17. The third kappa shape index (κ3) is 2.74. The number of rotatable bonds is 4. The van der Waals surface area contributed by atoms with Crippen LogP contribution in [-0.2, 0) is 9.53 Å². The standard InChI is InChI=1S/C13H15N3O2/c1-3-18-12(17)8-14-13-9(2)15-10-6-4-5-7-11(10)16-13/h4-7H,3,8H2,1-2H3,(H,14,16). The highest BCUT2D eigenvalue weighted by Gasteiger charge is 2.07. The number of esters is 1. The number of carbonyl (C=O) groups is 1. The van der Waals surface area contributed by atoms with Crippen LogP contribution in [0.25, 0.3) is 11.0 Å². The molecule has 0 aliphatic rings. The number of ether oxygens (including phenoxy) is 1. The molecule has 0 aliphatic heterocycles. The van der Waals surface area contributed by atoms with Crippen molar-refractivity contribution < 1.29 is 9.53 Å². The van der Waals surface area contributed by atoms with E-state index in [0.29, 0.717) is 12.4 Å². The van der Waals surface area contributed by atoms with Gasteiger partial charge in [0.2, 0.25) is 0 Å². The Labute approximate surface area is 105 Å². The van der Waals surface area contributed by atoms with Gasteiger partial charge in [0, 0.05) is 0 Å². The number of aryl methyl sites for hydroxylation is 1. The zero-order valence-electron chi connectivity index (χ0n) is 10.4. The SMILES string of the molecule is CCOC(=O)CNc1nc2ccccc2nc1C. The lowest BCUT2D eigenvalue weighted by Crippen LogP contribution is -2.18. The Bertz CT molecular complexity index is 569. The Hall–Kier alpha value is -2.17. The average molecular weight is 245 g/mol. The van der Waals surface area contributed by atoms with Crippen LogP contribution in [-0.4, -0.2) is 29.1 Å². The molecule has 0 amide bonds. The van der Waals surface area contributed by atoms with Gasteiger partial charge in [-0.25, -0.2) is 9.97 Å². The Kier molecular flexibility index (Phi) is 3.72. The Morgan fingerprint density at radius 3 is 2.61 bits per heavy atom. The lowest BCUT2D eigenvalue weighted by molar-refractivity contribution is -0.140. The molecule has 0 radical (unpaired) electrons. The van der Waals surface area contributed by atoms with Gasteiger partial charge in [0.25, 0.3) is 0 Å². The number of hydrogen-bond acceptors (Lipinski definition) is 5. The second-order valence-corrected chi connectivity index (χ2v) is 3.80. The van der Waals surface area contributed by atoms with E-state index in [1.807, 2.05) is 31.2 Å². The van der Waals surface area contributed by atoms with Gasteiger partial charge in [-0.1, -0.05) is 12.1 Å². The quantitative estimate of drug-likeness (QED) is 0.834. The summed E-state index contributed by atoms with van der Waals surface area (Å²) in [6.45, 7) is 4.11. The smallest absolute Gasteiger partial charge is 0.325 e. The monoisotopic (exact) mass is 245 g/mol. The van der Waals surface area contributed by atoms with E-state index in [0.717, 1.165) is 16.7 Å². The number of anilines is 1. The summed E-state index contributed by atoms with van der Waals surface area (Å²) in [6.07, 6.45) is 0. The van der Waals surface area contributed by atoms with Gasteiger partial charge in [-0.05, 0) is 26.0 Å². The molecule has 1 N–H and O–H groups in total. The van der Waals surface area contributed by atoms with E-state index in [-0.39, 0.29) is 12.5 Å². The molecule has 5 nitrogen and oxygen atoms in total. The maximum absolute atomic E-state index is 11.3. The molecule has 0 saturated carbocycles. The van der Waals surface area contributed by atoms with Gasteiger partial charge in [0.1, 0.15) is 12.4 Å². The molecule has 2 rings (SSSR count). The summed E-state index contributed by atoms with van der Waals surface area (Å²) < 4.78 is 4.84. The van der Waals surface area contributed by atoms with E-state index >= 15 is 0 Å². The van der Waals surface area contributed by atoms with Crippen LogP contribution in [0.1, 0.15) is 12.6 Å². The van der Waals surface area contributed by atoms with Gasteiger partial charge in [0.05, 0.1) is 23.3 Å². The average Bonchev–Trinajstić information content (AvgIpc) is 2.36. The third-order valence-corrected chi connectivity index (χ3v) is 2.45. The molecule has 0 unspecified atom stereocenters. The van der Waals surface area contributed by atoms with Crippen LogP contribution in [0, 0.1) is 6.92 Å². The predicted octanol–water partition coefficient (Wildman–Crippen LogP) is 1.91. The van der Waals surface area contributed by atoms with Crippen molar-refractivity contribution in [2.45, 2.75) is 13.8 Å². The van der Waals surface area contributed by atoms with Gasteiger partial charge in [0.15, 0.2) is 0 Å². The van der Waals surface area contributed by atoms with Gasteiger partial charge in [-0.3, -0.25) is 4.79 Å². The fourth-order valence-electron chi connectivity index (χ4n) is 1.62. The second kappa shape index (κ2) is 5.44. The molecule has 0 saturated heterocycles. The maximum atomic E-state index is 11.3. The van der Waals surface area contributed by atoms with E-state index in [1.54, 1.807) is 6.92 Å². The molecule has 0 aliphatic carbocycles. The van der Waals surface area contributed by atoms with E-state index in [1.165, 1.54) is 0 Å². The van der Waals surface area contributed by atoms with Gasteiger partial charge >= 0.3 is 5.97 Å². The Morgan fingerprint density at radius 1 is 1.28 bits per heavy atom. The first kappa shape index (κ1) is 12.3. The topological polar surface area (TPSA) is 64.1 Å². The molecule has 1 heterocycles. The highest BCUT2D eigenvalue weighted by atomic mass is 16.5. The molecule has 2 aromatic rings. The summed E-state index contributed by atoms with van der Waals surface area (Å²) in [5.41, 5.74) is 2.41. The Morgan fingerprint density at radius 2 is 1.94 bits per heavy atom. The second-order valence-electron chi connectivity index (χ2n) is 3.80. The highest BCUT2D eigenvalue weighted by molar-refractivity contribution is 5.78. The summed E-state index contributed by atoms with van der Waals surface area (Å²) in [4.78, 5) is 20.1. The normalized spacial score (nSPS) is 10.3. The van der Waals surface area contributed by atoms with E-state index < -0.39 is 0 Å². The van der Waals surface area contributed by atoms with Crippen molar-refractivity contribution in [1.29, 1.82) is 0 Å². The summed E-state index contributed by atoms with van der Waals surface area (Å²) in [7, 11) is 0. The number of nitrogens with zero attached hydrogens (tertiary/aromatic N) is 2. The fraction of sp³-hybridized carbons (Fsp3) is 0.308. The lowest BCUT2D eigenvalue weighted by atomic mass is 10.3. The van der Waals surface area contributed by atoms with Gasteiger partial charge in [-0.2, -0.15) is 0 Å². The van der Waals surface area contributed by atoms with Crippen LogP contribution >= 0.6 is 0 Å². The van der Waals surface area contributed by atoms with Crippen molar-refractivity contribution >= 4 is 22.8 Å². The van der Waals surface area contributed by atoms with Crippen LogP contribution in [0.4, 0.5) is 5.82 Å². The van der Waals surface area contributed by atoms with Gasteiger partial charge in [-0.15, -0.1) is 0 Å². The number of aromatic nitrogens is 2. The number of carbonyl (C=O) groups excluding carboxylic acids is 1. The summed E-state index contributed by atoms with van der Waals surface area (Å²) in [6, 6.07) is 7.62. The summed E-state index contributed by atoms with van der Waals surface area (Å²) in [5, 5.41) is 2.94. The van der Waals surface area contributed by atoms with Crippen LogP contribution in [0.3, 0.4) is 0 Å². The van der Waals surface area contributed by atoms with Crippen molar-refractivity contribution in [1.82, 2.24) is 9.97 Å². The highest BCUT2D eigenvalue weighted by Crippen LogP contribution is 2.15. The number of fused-ring (bicyclic) bond motifs is 1. The molecular weight excluding hydrogens is 230 g/mol. The van der Waals surface area contributed by atoms with Crippen LogP contribution in [0.2, 0.25) is 0 Å². The zero-order chi connectivity index (χ0) is 13.0. The molecule has 0 bridgehead atoms. The lowest BCUT2D eigenvalue weighted by Gasteiger charge is -2.08. The largest absolute Gasteiger partial charge is 0.465 e. The predicted molar refractivity (Wildman–Crippen MR) is 69.4 cm³/mol. The first-order valence-corrected chi connectivity index (χ1v) is 5.83. The zero-order valence-corrected chi connectivity index (χ0v) is 10.4. The molecule has 0 fully saturated rings. The molecule has 0 spiro atoms. The number of para-hydroxylation sites is 2. The number of nitrogens with one attached hydrogen (secondary N) is 1. The molecule has 94 valence electrons. The van der Waals surface area contributed by atoms with Crippen LogP contribution in [0.5, 0.6) is 0 Å². The van der Waals surface area contributed by atoms with E-state index in [9.17, 15) is 4.79 Å². The minimum Gasteiger partial charge on any atom is -0.465 e. The van der Waals surface area contributed by atoms with Gasteiger partial charge < -0.3 is 10.1 Å².